The summed E-state index contributed by atoms with van der Waals surface area (Å²) in [4.78, 5) is 13.3. The van der Waals surface area contributed by atoms with Gasteiger partial charge in [0.1, 0.15) is 0 Å². The second-order valence-electron chi connectivity index (χ2n) is 4.39. The van der Waals surface area contributed by atoms with Gasteiger partial charge in [-0.15, -0.1) is 0 Å². The maximum Gasteiger partial charge on any atom is 0.261 e. The Hall–Kier alpha value is -1.38. The third-order valence-electron chi connectivity index (χ3n) is 3.02. The first-order chi connectivity index (χ1) is 7.59. The monoisotopic (exact) mass is 221 g/mol. The van der Waals surface area contributed by atoms with Crippen LogP contribution in [0.25, 0.3) is 0 Å². The van der Waals surface area contributed by atoms with Crippen LogP contribution in [-0.4, -0.2) is 18.6 Å². The van der Waals surface area contributed by atoms with E-state index in [1.165, 1.54) is 0 Å². The average Bonchev–Trinajstić information content (AvgIpc) is 2.23. The molecule has 86 valence electrons. The van der Waals surface area contributed by atoms with Gasteiger partial charge in [0.15, 0.2) is 6.17 Å². The minimum absolute atomic E-state index is 0.361. The number of alkyl halides is 1. The molecule has 3 heteroatoms. The Labute approximate surface area is 95.1 Å². The SMILES string of the molecule is Cc1ccc(N2CCCC(F)C2=O)c(C)c1. The van der Waals surface area contributed by atoms with E-state index in [0.29, 0.717) is 13.0 Å². The number of hydrogen-bond donors (Lipinski definition) is 0. The van der Waals surface area contributed by atoms with Crippen molar-refractivity contribution in [3.63, 3.8) is 0 Å². The number of anilines is 1. The molecule has 0 aromatic heterocycles. The third-order valence-corrected chi connectivity index (χ3v) is 3.02. The Morgan fingerprint density at radius 2 is 2.12 bits per heavy atom. The summed E-state index contributed by atoms with van der Waals surface area (Å²) >= 11 is 0. The second-order valence-corrected chi connectivity index (χ2v) is 4.39. The van der Waals surface area contributed by atoms with E-state index in [2.05, 4.69) is 0 Å². The lowest BCUT2D eigenvalue weighted by Crippen LogP contribution is -2.42. The van der Waals surface area contributed by atoms with E-state index in [4.69, 9.17) is 0 Å². The molecule has 1 aliphatic rings. The van der Waals surface area contributed by atoms with E-state index < -0.39 is 12.1 Å². The summed E-state index contributed by atoms with van der Waals surface area (Å²) in [5.74, 6) is -0.391. The van der Waals surface area contributed by atoms with Crippen LogP contribution in [0.4, 0.5) is 10.1 Å². The maximum absolute atomic E-state index is 13.3. The van der Waals surface area contributed by atoms with Crippen molar-refractivity contribution in [1.82, 2.24) is 0 Å². The summed E-state index contributed by atoms with van der Waals surface area (Å²) in [6, 6.07) is 5.88. The highest BCUT2D eigenvalue weighted by Crippen LogP contribution is 2.26. The van der Waals surface area contributed by atoms with Crippen LogP contribution in [-0.2, 0) is 4.79 Å². The van der Waals surface area contributed by atoms with Crippen molar-refractivity contribution in [2.75, 3.05) is 11.4 Å². The summed E-state index contributed by atoms with van der Waals surface area (Å²) in [5.41, 5.74) is 3.03. The smallest absolute Gasteiger partial charge is 0.261 e. The molecule has 1 atom stereocenters. The molecule has 0 saturated carbocycles. The highest BCUT2D eigenvalue weighted by molar-refractivity contribution is 5.97. The van der Waals surface area contributed by atoms with Crippen molar-refractivity contribution in [2.24, 2.45) is 0 Å². The minimum Gasteiger partial charge on any atom is -0.310 e. The van der Waals surface area contributed by atoms with Crippen LogP contribution in [0.3, 0.4) is 0 Å². The van der Waals surface area contributed by atoms with Gasteiger partial charge in [-0.05, 0) is 38.3 Å². The van der Waals surface area contributed by atoms with Gasteiger partial charge in [-0.25, -0.2) is 4.39 Å². The Kier molecular flexibility index (Phi) is 2.95. The summed E-state index contributed by atoms with van der Waals surface area (Å²) in [6.07, 6.45) is -0.227. The minimum atomic E-state index is -1.32. The lowest BCUT2D eigenvalue weighted by atomic mass is 10.0. The molecule has 1 amide bonds. The highest BCUT2D eigenvalue weighted by atomic mass is 19.1. The average molecular weight is 221 g/mol. The fourth-order valence-electron chi connectivity index (χ4n) is 2.18. The molecule has 2 rings (SSSR count). The largest absolute Gasteiger partial charge is 0.310 e. The lowest BCUT2D eigenvalue weighted by Gasteiger charge is -2.30. The van der Waals surface area contributed by atoms with Gasteiger partial charge in [0.05, 0.1) is 0 Å². The molecule has 2 nitrogen and oxygen atoms in total. The van der Waals surface area contributed by atoms with Crippen LogP contribution in [0.2, 0.25) is 0 Å². The first-order valence-corrected chi connectivity index (χ1v) is 5.62. The molecular weight excluding hydrogens is 205 g/mol. The van der Waals surface area contributed by atoms with Crippen molar-refractivity contribution in [3.05, 3.63) is 29.3 Å². The first kappa shape index (κ1) is 11.1. The molecule has 0 bridgehead atoms. The molecule has 0 radical (unpaired) electrons. The van der Waals surface area contributed by atoms with Crippen LogP contribution < -0.4 is 4.90 Å². The van der Waals surface area contributed by atoms with Gasteiger partial charge in [-0.2, -0.15) is 0 Å². The third kappa shape index (κ3) is 1.94. The predicted octanol–water partition coefficient (Wildman–Crippen LogP) is 2.77. The number of rotatable bonds is 1. The van der Waals surface area contributed by atoms with Gasteiger partial charge < -0.3 is 4.90 Å². The van der Waals surface area contributed by atoms with Crippen LogP contribution in [0.5, 0.6) is 0 Å². The van der Waals surface area contributed by atoms with E-state index in [1.54, 1.807) is 4.90 Å². The number of benzene rings is 1. The predicted molar refractivity (Wildman–Crippen MR) is 62.4 cm³/mol. The number of carbonyl (C=O) groups is 1. The fourth-order valence-corrected chi connectivity index (χ4v) is 2.18. The summed E-state index contributed by atoms with van der Waals surface area (Å²) in [7, 11) is 0. The number of aryl methyl sites for hydroxylation is 2. The zero-order valence-corrected chi connectivity index (χ0v) is 9.66. The molecule has 1 saturated heterocycles. The molecule has 1 fully saturated rings. The van der Waals surface area contributed by atoms with Crippen LogP contribution in [0, 0.1) is 13.8 Å². The molecule has 0 N–H and O–H groups in total. The van der Waals surface area contributed by atoms with E-state index in [1.807, 2.05) is 32.0 Å². The van der Waals surface area contributed by atoms with Gasteiger partial charge in [-0.3, -0.25) is 4.79 Å². The summed E-state index contributed by atoms with van der Waals surface area (Å²) in [5, 5.41) is 0. The van der Waals surface area contributed by atoms with Gasteiger partial charge in [0.2, 0.25) is 0 Å². The molecular formula is C13H16FNO. The molecule has 16 heavy (non-hydrogen) atoms. The van der Waals surface area contributed by atoms with Crippen LogP contribution in [0.15, 0.2) is 18.2 Å². The number of amides is 1. The summed E-state index contributed by atoms with van der Waals surface area (Å²) < 4.78 is 13.3. The van der Waals surface area contributed by atoms with E-state index in [0.717, 1.165) is 23.2 Å². The maximum atomic E-state index is 13.3. The Balaban J connectivity index is 2.32. The number of halogens is 1. The van der Waals surface area contributed by atoms with Crippen molar-refractivity contribution in [3.8, 4) is 0 Å². The van der Waals surface area contributed by atoms with Gasteiger partial charge in [0.25, 0.3) is 5.91 Å². The van der Waals surface area contributed by atoms with Gasteiger partial charge in [-0.1, -0.05) is 17.7 Å². The quantitative estimate of drug-likeness (QED) is 0.714. The summed E-state index contributed by atoms with van der Waals surface area (Å²) in [6.45, 7) is 4.59. The second kappa shape index (κ2) is 4.24. The van der Waals surface area contributed by atoms with Crippen molar-refractivity contribution in [2.45, 2.75) is 32.9 Å². The normalized spacial score (nSPS) is 21.3. The molecule has 1 aromatic carbocycles. The molecule has 1 unspecified atom stereocenters. The zero-order chi connectivity index (χ0) is 11.7. The number of carbonyl (C=O) groups excluding carboxylic acids is 1. The Morgan fingerprint density at radius 1 is 1.38 bits per heavy atom. The first-order valence-electron chi connectivity index (χ1n) is 5.62. The fraction of sp³-hybridized carbons (Fsp3) is 0.462. The van der Waals surface area contributed by atoms with Gasteiger partial charge in [0, 0.05) is 12.2 Å². The zero-order valence-electron chi connectivity index (χ0n) is 9.66. The van der Waals surface area contributed by atoms with E-state index in [9.17, 15) is 9.18 Å². The van der Waals surface area contributed by atoms with Crippen LogP contribution >= 0.6 is 0 Å². The van der Waals surface area contributed by atoms with Crippen molar-refractivity contribution < 1.29 is 9.18 Å². The van der Waals surface area contributed by atoms with Crippen molar-refractivity contribution >= 4 is 11.6 Å². The van der Waals surface area contributed by atoms with E-state index >= 15 is 0 Å². The molecule has 0 aliphatic carbocycles. The Bertz CT molecular complexity index is 416. The molecule has 1 aromatic rings. The molecule has 0 spiro atoms. The van der Waals surface area contributed by atoms with Gasteiger partial charge >= 0.3 is 0 Å². The highest BCUT2D eigenvalue weighted by Gasteiger charge is 2.29. The van der Waals surface area contributed by atoms with E-state index in [-0.39, 0.29) is 0 Å². The topological polar surface area (TPSA) is 20.3 Å². The van der Waals surface area contributed by atoms with Crippen molar-refractivity contribution in [1.29, 1.82) is 0 Å². The van der Waals surface area contributed by atoms with Crippen LogP contribution in [0.1, 0.15) is 24.0 Å². The molecule has 1 heterocycles. The molecule has 1 aliphatic heterocycles. The number of piperidine rings is 1. The Morgan fingerprint density at radius 3 is 2.81 bits per heavy atom. The standard InChI is InChI=1S/C13H16FNO/c1-9-5-6-12(10(2)8-9)15-7-3-4-11(14)13(15)16/h5-6,8,11H,3-4,7H2,1-2H3. The number of hydrogen-bond acceptors (Lipinski definition) is 1. The number of nitrogens with zero attached hydrogens (tertiary/aromatic N) is 1. The lowest BCUT2D eigenvalue weighted by molar-refractivity contribution is -0.124.